The molecule has 4 nitrogen and oxygen atoms in total. The lowest BCUT2D eigenvalue weighted by Gasteiger charge is -2.14. The summed E-state index contributed by atoms with van der Waals surface area (Å²) in [6.07, 6.45) is 2.32. The van der Waals surface area contributed by atoms with Gasteiger partial charge in [0.1, 0.15) is 0 Å². The van der Waals surface area contributed by atoms with E-state index in [1.54, 1.807) is 6.26 Å². The Hall–Kier alpha value is -1.02. The molecule has 0 heterocycles. The van der Waals surface area contributed by atoms with Gasteiger partial charge >= 0.3 is 5.76 Å². The Labute approximate surface area is 120 Å². The van der Waals surface area contributed by atoms with Gasteiger partial charge in [-0.25, -0.2) is 8.42 Å². The molecule has 0 fully saturated rings. The standard InChI is InChI=1S/C12H17F2NO3S2/c1-9(7-8-19(2)16)15-10-3-5-11(6-4-10)20(17,18)12(13)14/h3-6,9,12,15H,7-8H2,1-2H3. The quantitative estimate of drug-likeness (QED) is 0.835. The molecule has 0 aliphatic carbocycles. The molecule has 0 saturated heterocycles. The van der Waals surface area contributed by atoms with E-state index in [4.69, 9.17) is 0 Å². The molecule has 2 unspecified atom stereocenters. The van der Waals surface area contributed by atoms with Gasteiger partial charge in [0.2, 0.25) is 9.84 Å². The molecular formula is C12H17F2NO3S2. The van der Waals surface area contributed by atoms with Crippen LogP contribution in [0.3, 0.4) is 0 Å². The highest BCUT2D eigenvalue weighted by molar-refractivity contribution is 7.91. The van der Waals surface area contributed by atoms with E-state index < -0.39 is 31.3 Å². The first-order valence-electron chi connectivity index (χ1n) is 5.92. The minimum Gasteiger partial charge on any atom is -0.383 e. The third kappa shape index (κ3) is 4.82. The van der Waals surface area contributed by atoms with Crippen molar-refractivity contribution >= 4 is 26.3 Å². The topological polar surface area (TPSA) is 63.2 Å². The zero-order chi connectivity index (χ0) is 15.3. The molecule has 0 saturated carbocycles. The van der Waals surface area contributed by atoms with Crippen LogP contribution in [0.15, 0.2) is 29.2 Å². The number of alkyl halides is 2. The van der Waals surface area contributed by atoms with E-state index in [2.05, 4.69) is 5.32 Å². The zero-order valence-electron chi connectivity index (χ0n) is 11.2. The number of halogens is 2. The molecule has 1 rings (SSSR count). The monoisotopic (exact) mass is 325 g/mol. The van der Waals surface area contributed by atoms with E-state index in [1.165, 1.54) is 12.1 Å². The first-order valence-corrected chi connectivity index (χ1v) is 9.19. The van der Waals surface area contributed by atoms with Crippen LogP contribution < -0.4 is 5.32 Å². The lowest BCUT2D eigenvalue weighted by atomic mass is 10.2. The lowest BCUT2D eigenvalue weighted by Crippen LogP contribution is -2.18. The number of rotatable bonds is 7. The van der Waals surface area contributed by atoms with Crippen LogP contribution in [0, 0.1) is 0 Å². The predicted molar refractivity (Wildman–Crippen MR) is 76.3 cm³/mol. The number of hydrogen-bond acceptors (Lipinski definition) is 4. The second-order valence-corrected chi connectivity index (χ2v) is 7.91. The van der Waals surface area contributed by atoms with Crippen molar-refractivity contribution in [1.82, 2.24) is 0 Å². The van der Waals surface area contributed by atoms with Gasteiger partial charge in [0, 0.05) is 34.5 Å². The molecule has 0 bridgehead atoms. The van der Waals surface area contributed by atoms with Crippen molar-refractivity contribution in [2.75, 3.05) is 17.3 Å². The Kier molecular flexibility index (Phi) is 6.07. The van der Waals surface area contributed by atoms with Crippen LogP contribution in [-0.2, 0) is 20.6 Å². The summed E-state index contributed by atoms with van der Waals surface area (Å²) in [5.74, 6) is -2.86. The average molecular weight is 325 g/mol. The van der Waals surface area contributed by atoms with Gasteiger partial charge in [-0.15, -0.1) is 0 Å². The lowest BCUT2D eigenvalue weighted by molar-refractivity contribution is 0.234. The fourth-order valence-electron chi connectivity index (χ4n) is 1.54. The van der Waals surface area contributed by atoms with Crippen LogP contribution in [0.4, 0.5) is 14.5 Å². The molecule has 1 aromatic rings. The zero-order valence-corrected chi connectivity index (χ0v) is 12.8. The second kappa shape index (κ2) is 7.12. The normalized spacial score (nSPS) is 15.1. The summed E-state index contributed by atoms with van der Waals surface area (Å²) < 4.78 is 58.1. The van der Waals surface area contributed by atoms with Gasteiger partial charge in [-0.05, 0) is 37.6 Å². The van der Waals surface area contributed by atoms with Crippen LogP contribution >= 0.6 is 0 Å². The van der Waals surface area contributed by atoms with Crippen LogP contribution in [0.5, 0.6) is 0 Å². The minimum atomic E-state index is -4.54. The van der Waals surface area contributed by atoms with E-state index in [0.717, 1.165) is 12.1 Å². The minimum absolute atomic E-state index is 0.0523. The van der Waals surface area contributed by atoms with Gasteiger partial charge in [0.25, 0.3) is 0 Å². The highest BCUT2D eigenvalue weighted by Gasteiger charge is 2.26. The number of hydrogen-bond donors (Lipinski definition) is 1. The maximum absolute atomic E-state index is 12.4. The highest BCUT2D eigenvalue weighted by Crippen LogP contribution is 2.20. The maximum atomic E-state index is 12.4. The van der Waals surface area contributed by atoms with Crippen molar-refractivity contribution in [2.24, 2.45) is 0 Å². The molecule has 0 aliphatic rings. The fourth-order valence-corrected chi connectivity index (χ4v) is 2.95. The molecule has 20 heavy (non-hydrogen) atoms. The van der Waals surface area contributed by atoms with Crippen molar-refractivity contribution in [3.05, 3.63) is 24.3 Å². The first-order chi connectivity index (χ1) is 9.23. The number of anilines is 1. The van der Waals surface area contributed by atoms with Gasteiger partial charge in [-0.2, -0.15) is 8.78 Å². The second-order valence-electron chi connectivity index (χ2n) is 4.44. The fraction of sp³-hybridized carbons (Fsp3) is 0.500. The summed E-state index contributed by atoms with van der Waals surface area (Å²) >= 11 is 0. The Morgan fingerprint density at radius 1 is 1.25 bits per heavy atom. The van der Waals surface area contributed by atoms with E-state index in [-0.39, 0.29) is 6.04 Å². The van der Waals surface area contributed by atoms with Crippen LogP contribution in [0.25, 0.3) is 0 Å². The summed E-state index contributed by atoms with van der Waals surface area (Å²) in [5.41, 5.74) is 0.632. The van der Waals surface area contributed by atoms with Crippen LogP contribution in [0.1, 0.15) is 13.3 Å². The summed E-state index contributed by atoms with van der Waals surface area (Å²) in [5, 5.41) is 3.09. The Bertz CT molecular complexity index is 559. The molecule has 1 N–H and O–H groups in total. The smallest absolute Gasteiger partial charge is 0.341 e. The van der Waals surface area contributed by atoms with Crippen LogP contribution in [0.2, 0.25) is 0 Å². The number of sulfone groups is 1. The molecule has 0 spiro atoms. The molecule has 0 amide bonds. The summed E-state index contributed by atoms with van der Waals surface area (Å²) in [4.78, 5) is -0.402. The third-order valence-corrected chi connectivity index (χ3v) is 4.88. The van der Waals surface area contributed by atoms with E-state index in [1.807, 2.05) is 6.92 Å². The van der Waals surface area contributed by atoms with Gasteiger partial charge in [0.15, 0.2) is 0 Å². The average Bonchev–Trinajstić information content (AvgIpc) is 2.37. The van der Waals surface area contributed by atoms with Crippen molar-refractivity contribution < 1.29 is 21.4 Å². The van der Waals surface area contributed by atoms with Gasteiger partial charge < -0.3 is 5.32 Å². The van der Waals surface area contributed by atoms with Crippen LogP contribution in [-0.4, -0.2) is 36.4 Å². The maximum Gasteiger partial charge on any atom is 0.341 e. The Balaban J connectivity index is 2.70. The third-order valence-electron chi connectivity index (χ3n) is 2.67. The molecule has 2 atom stereocenters. The molecule has 1 aromatic carbocycles. The summed E-state index contributed by atoms with van der Waals surface area (Å²) in [6, 6.07) is 5.23. The van der Waals surface area contributed by atoms with Gasteiger partial charge in [0.05, 0.1) is 4.90 Å². The van der Waals surface area contributed by atoms with E-state index in [0.29, 0.717) is 17.9 Å². The summed E-state index contributed by atoms with van der Waals surface area (Å²) in [6.45, 7) is 1.90. The SMILES string of the molecule is CC(CCS(C)=O)Nc1ccc(S(=O)(=O)C(F)F)cc1. The van der Waals surface area contributed by atoms with E-state index >= 15 is 0 Å². The molecular weight excluding hydrogens is 308 g/mol. The predicted octanol–water partition coefficient (Wildman–Crippen LogP) is 2.25. The highest BCUT2D eigenvalue weighted by atomic mass is 32.2. The molecule has 114 valence electrons. The molecule has 0 radical (unpaired) electrons. The van der Waals surface area contributed by atoms with Crippen molar-refractivity contribution in [1.29, 1.82) is 0 Å². The Morgan fingerprint density at radius 2 is 1.80 bits per heavy atom. The largest absolute Gasteiger partial charge is 0.383 e. The molecule has 0 aliphatic heterocycles. The summed E-state index contributed by atoms with van der Waals surface area (Å²) in [7, 11) is -5.41. The first kappa shape index (κ1) is 17.0. The van der Waals surface area contributed by atoms with Crippen molar-refractivity contribution in [3.8, 4) is 0 Å². The van der Waals surface area contributed by atoms with E-state index in [9.17, 15) is 21.4 Å². The van der Waals surface area contributed by atoms with Crippen molar-refractivity contribution in [2.45, 2.75) is 30.0 Å². The number of nitrogens with one attached hydrogen (secondary N) is 1. The van der Waals surface area contributed by atoms with Gasteiger partial charge in [-0.1, -0.05) is 0 Å². The van der Waals surface area contributed by atoms with Crippen molar-refractivity contribution in [3.63, 3.8) is 0 Å². The van der Waals surface area contributed by atoms with Gasteiger partial charge in [-0.3, -0.25) is 4.21 Å². The Morgan fingerprint density at radius 3 is 2.25 bits per heavy atom. The molecule has 0 aromatic heterocycles. The molecule has 8 heteroatoms. The number of benzene rings is 1.